The van der Waals surface area contributed by atoms with E-state index in [1.165, 1.54) is 23.9 Å². The first-order valence-corrected chi connectivity index (χ1v) is 7.36. The number of nitrogens with one attached hydrogen (secondary N) is 1. The highest BCUT2D eigenvalue weighted by atomic mass is 79.9. The van der Waals surface area contributed by atoms with Crippen molar-refractivity contribution in [2.24, 2.45) is 0 Å². The molecule has 0 spiro atoms. The van der Waals surface area contributed by atoms with Crippen LogP contribution in [0, 0.1) is 5.82 Å². The predicted molar refractivity (Wildman–Crippen MR) is 79.9 cm³/mol. The number of hydrogen-bond acceptors (Lipinski definition) is 2. The van der Waals surface area contributed by atoms with Crippen LogP contribution in [0.2, 0.25) is 0 Å². The summed E-state index contributed by atoms with van der Waals surface area (Å²) in [7, 11) is 0. The summed E-state index contributed by atoms with van der Waals surface area (Å²) in [6.07, 6.45) is 0. The van der Waals surface area contributed by atoms with Crippen LogP contribution in [0.15, 0.2) is 57.9 Å². The first-order valence-electron chi connectivity index (χ1n) is 5.58. The van der Waals surface area contributed by atoms with Crippen LogP contribution in [0.4, 0.5) is 10.1 Å². The first kappa shape index (κ1) is 14.1. The first-order chi connectivity index (χ1) is 9.15. The number of benzene rings is 2. The van der Waals surface area contributed by atoms with Gasteiger partial charge in [-0.15, -0.1) is 11.8 Å². The van der Waals surface area contributed by atoms with E-state index in [0.717, 1.165) is 4.90 Å². The fraction of sp³-hybridized carbons (Fsp3) is 0.0714. The zero-order valence-corrected chi connectivity index (χ0v) is 12.3. The lowest BCUT2D eigenvalue weighted by Gasteiger charge is -2.06. The third-order valence-corrected chi connectivity index (χ3v) is 3.82. The molecule has 0 heterocycles. The summed E-state index contributed by atoms with van der Waals surface area (Å²) < 4.78 is 14.2. The number of carbonyl (C=O) groups excluding carboxylic acids is 1. The minimum atomic E-state index is -0.451. The van der Waals surface area contributed by atoms with Crippen molar-refractivity contribution in [3.8, 4) is 0 Å². The molecule has 0 bridgehead atoms. The monoisotopic (exact) mass is 339 g/mol. The van der Waals surface area contributed by atoms with Gasteiger partial charge in [0, 0.05) is 9.37 Å². The zero-order chi connectivity index (χ0) is 13.7. The van der Waals surface area contributed by atoms with E-state index in [4.69, 9.17) is 0 Å². The van der Waals surface area contributed by atoms with E-state index < -0.39 is 5.82 Å². The number of thioether (sulfide) groups is 1. The summed E-state index contributed by atoms with van der Waals surface area (Å²) in [6.45, 7) is 0. The molecule has 1 amide bonds. The minimum Gasteiger partial charge on any atom is -0.323 e. The van der Waals surface area contributed by atoms with E-state index in [0.29, 0.717) is 4.47 Å². The average molecular weight is 340 g/mol. The van der Waals surface area contributed by atoms with Crippen LogP contribution in [0.1, 0.15) is 0 Å². The molecule has 19 heavy (non-hydrogen) atoms. The Morgan fingerprint density at radius 1 is 1.21 bits per heavy atom. The topological polar surface area (TPSA) is 29.1 Å². The molecule has 98 valence electrons. The number of halogens is 2. The standard InChI is InChI=1S/C14H11BrFNOS/c15-10-6-7-13(12(16)8-10)17-14(18)9-19-11-4-2-1-3-5-11/h1-8H,9H2,(H,17,18). The summed E-state index contributed by atoms with van der Waals surface area (Å²) in [6, 6.07) is 14.1. The molecule has 0 aliphatic rings. The van der Waals surface area contributed by atoms with Crippen molar-refractivity contribution in [3.63, 3.8) is 0 Å². The molecule has 2 rings (SSSR count). The van der Waals surface area contributed by atoms with E-state index in [1.807, 2.05) is 30.3 Å². The Balaban J connectivity index is 1.91. The molecule has 0 aromatic heterocycles. The van der Waals surface area contributed by atoms with Gasteiger partial charge in [0.05, 0.1) is 11.4 Å². The molecule has 2 aromatic carbocycles. The predicted octanol–water partition coefficient (Wildman–Crippen LogP) is 4.32. The van der Waals surface area contributed by atoms with Gasteiger partial charge in [-0.25, -0.2) is 4.39 Å². The lowest BCUT2D eigenvalue weighted by atomic mass is 10.3. The van der Waals surface area contributed by atoms with Gasteiger partial charge >= 0.3 is 0 Å². The Morgan fingerprint density at radius 3 is 2.63 bits per heavy atom. The number of carbonyl (C=O) groups is 1. The summed E-state index contributed by atoms with van der Waals surface area (Å²) >= 11 is 4.58. The van der Waals surface area contributed by atoms with Gasteiger partial charge in [0.15, 0.2) is 0 Å². The summed E-state index contributed by atoms with van der Waals surface area (Å²) in [5.41, 5.74) is 0.196. The second kappa shape index (κ2) is 6.73. The largest absolute Gasteiger partial charge is 0.323 e. The number of hydrogen-bond donors (Lipinski definition) is 1. The maximum atomic E-state index is 13.5. The Labute approximate surface area is 123 Å². The van der Waals surface area contributed by atoms with Crippen LogP contribution in [-0.2, 0) is 4.79 Å². The van der Waals surface area contributed by atoms with Gasteiger partial charge in [-0.2, -0.15) is 0 Å². The van der Waals surface area contributed by atoms with Gasteiger partial charge in [-0.3, -0.25) is 4.79 Å². The molecule has 0 unspecified atom stereocenters. The third-order valence-electron chi connectivity index (χ3n) is 2.32. The molecule has 2 nitrogen and oxygen atoms in total. The fourth-order valence-corrected chi connectivity index (χ4v) is 2.50. The van der Waals surface area contributed by atoms with E-state index in [1.54, 1.807) is 6.07 Å². The highest BCUT2D eigenvalue weighted by molar-refractivity contribution is 9.10. The van der Waals surface area contributed by atoms with Crippen LogP contribution < -0.4 is 5.32 Å². The Hall–Kier alpha value is -1.33. The van der Waals surface area contributed by atoms with Crippen molar-refractivity contribution in [1.29, 1.82) is 0 Å². The van der Waals surface area contributed by atoms with Crippen molar-refractivity contribution in [2.75, 3.05) is 11.1 Å². The van der Waals surface area contributed by atoms with Crippen LogP contribution in [-0.4, -0.2) is 11.7 Å². The molecule has 0 atom stereocenters. The molecule has 2 aromatic rings. The second-order valence-electron chi connectivity index (χ2n) is 3.77. The number of anilines is 1. The van der Waals surface area contributed by atoms with Gasteiger partial charge < -0.3 is 5.32 Å². The molecule has 0 saturated carbocycles. The normalized spacial score (nSPS) is 10.2. The fourth-order valence-electron chi connectivity index (χ4n) is 1.44. The van der Waals surface area contributed by atoms with Gasteiger partial charge in [-0.1, -0.05) is 34.1 Å². The van der Waals surface area contributed by atoms with Gasteiger partial charge in [0.25, 0.3) is 0 Å². The minimum absolute atomic E-state index is 0.196. The van der Waals surface area contributed by atoms with Gasteiger partial charge in [0.2, 0.25) is 5.91 Å². The van der Waals surface area contributed by atoms with Crippen molar-refractivity contribution in [3.05, 3.63) is 58.8 Å². The van der Waals surface area contributed by atoms with Crippen molar-refractivity contribution >= 4 is 39.3 Å². The average Bonchev–Trinajstić information content (AvgIpc) is 2.41. The molecule has 1 N–H and O–H groups in total. The smallest absolute Gasteiger partial charge is 0.234 e. The van der Waals surface area contributed by atoms with E-state index in [-0.39, 0.29) is 17.3 Å². The molecule has 0 radical (unpaired) electrons. The Bertz CT molecular complexity index is 577. The summed E-state index contributed by atoms with van der Waals surface area (Å²) in [5.74, 6) is -0.429. The molecule has 0 aliphatic carbocycles. The Kier molecular flexibility index (Phi) is 4.99. The maximum Gasteiger partial charge on any atom is 0.234 e. The van der Waals surface area contributed by atoms with E-state index in [2.05, 4.69) is 21.2 Å². The third kappa shape index (κ3) is 4.36. The van der Waals surface area contributed by atoms with Gasteiger partial charge in [0.1, 0.15) is 5.82 Å². The van der Waals surface area contributed by atoms with Crippen LogP contribution in [0.25, 0.3) is 0 Å². The molecule has 0 aliphatic heterocycles. The lowest BCUT2D eigenvalue weighted by molar-refractivity contribution is -0.113. The van der Waals surface area contributed by atoms with Gasteiger partial charge in [-0.05, 0) is 30.3 Å². The molecule has 5 heteroatoms. The Morgan fingerprint density at radius 2 is 1.95 bits per heavy atom. The number of rotatable bonds is 4. The molecule has 0 fully saturated rings. The van der Waals surface area contributed by atoms with Crippen molar-refractivity contribution in [2.45, 2.75) is 4.90 Å². The highest BCUT2D eigenvalue weighted by Gasteiger charge is 2.07. The maximum absolute atomic E-state index is 13.5. The van der Waals surface area contributed by atoms with Crippen molar-refractivity contribution < 1.29 is 9.18 Å². The van der Waals surface area contributed by atoms with Crippen LogP contribution in [0.3, 0.4) is 0 Å². The molecular weight excluding hydrogens is 329 g/mol. The number of amides is 1. The quantitative estimate of drug-likeness (QED) is 0.840. The molecular formula is C14H11BrFNOS. The van der Waals surface area contributed by atoms with Crippen molar-refractivity contribution in [1.82, 2.24) is 0 Å². The molecule has 0 saturated heterocycles. The lowest BCUT2D eigenvalue weighted by Crippen LogP contribution is -2.14. The highest BCUT2D eigenvalue weighted by Crippen LogP contribution is 2.21. The van der Waals surface area contributed by atoms with Crippen LogP contribution in [0.5, 0.6) is 0 Å². The summed E-state index contributed by atoms with van der Waals surface area (Å²) in [5, 5.41) is 2.55. The van der Waals surface area contributed by atoms with E-state index in [9.17, 15) is 9.18 Å². The zero-order valence-electron chi connectivity index (χ0n) is 9.90. The SMILES string of the molecule is O=C(CSc1ccccc1)Nc1ccc(Br)cc1F. The second-order valence-corrected chi connectivity index (χ2v) is 5.74. The van der Waals surface area contributed by atoms with E-state index >= 15 is 0 Å². The van der Waals surface area contributed by atoms with Crippen LogP contribution >= 0.6 is 27.7 Å². The summed E-state index contributed by atoms with van der Waals surface area (Å²) in [4.78, 5) is 12.7.